The third-order valence-corrected chi connectivity index (χ3v) is 3.56. The van der Waals surface area contributed by atoms with Crippen LogP contribution in [0.25, 0.3) is 0 Å². The fraction of sp³-hybridized carbons (Fsp3) is 0.750. The largest absolute Gasteiger partial charge is 0.378 e. The molecule has 1 aromatic rings. The van der Waals surface area contributed by atoms with Crippen molar-refractivity contribution in [2.75, 3.05) is 19.8 Å². The lowest BCUT2D eigenvalue weighted by Crippen LogP contribution is -2.44. The van der Waals surface area contributed by atoms with Crippen molar-refractivity contribution in [1.82, 2.24) is 25.4 Å². The average Bonchev–Trinajstić information content (AvgIpc) is 3.01. The minimum atomic E-state index is 0.0262. The van der Waals surface area contributed by atoms with Crippen LogP contribution in [0.1, 0.15) is 24.5 Å². The van der Waals surface area contributed by atoms with Crippen LogP contribution in [0, 0.1) is 0 Å². The van der Waals surface area contributed by atoms with Crippen molar-refractivity contribution in [2.24, 2.45) is 0 Å². The number of nitrogens with zero attached hydrogens (tertiary/aromatic N) is 3. The molecule has 0 spiro atoms. The summed E-state index contributed by atoms with van der Waals surface area (Å²) >= 11 is 0. The normalized spacial score (nSPS) is 22.2. The van der Waals surface area contributed by atoms with Crippen LogP contribution in [-0.2, 0) is 29.0 Å². The number of ether oxygens (including phenoxy) is 1. The van der Waals surface area contributed by atoms with Crippen molar-refractivity contribution in [3.05, 3.63) is 11.6 Å². The van der Waals surface area contributed by atoms with Gasteiger partial charge in [0.05, 0.1) is 19.8 Å². The summed E-state index contributed by atoms with van der Waals surface area (Å²) in [4.78, 5) is 11.8. The van der Waals surface area contributed by atoms with E-state index in [2.05, 4.69) is 25.4 Å². The highest BCUT2D eigenvalue weighted by atomic mass is 16.5. The van der Waals surface area contributed by atoms with Gasteiger partial charge in [-0.3, -0.25) is 4.79 Å². The van der Waals surface area contributed by atoms with Gasteiger partial charge in [0.2, 0.25) is 5.91 Å². The third-order valence-electron chi connectivity index (χ3n) is 3.56. The first kappa shape index (κ1) is 12.6. The van der Waals surface area contributed by atoms with Crippen molar-refractivity contribution < 1.29 is 9.53 Å². The van der Waals surface area contributed by atoms with Crippen LogP contribution in [0.2, 0.25) is 0 Å². The van der Waals surface area contributed by atoms with E-state index in [4.69, 9.17) is 4.74 Å². The van der Waals surface area contributed by atoms with Gasteiger partial charge in [0.1, 0.15) is 5.82 Å². The molecule has 1 saturated heterocycles. The Kier molecular flexibility index (Phi) is 3.74. The van der Waals surface area contributed by atoms with Crippen LogP contribution in [0.3, 0.4) is 0 Å². The second-order valence-electron chi connectivity index (χ2n) is 4.99. The number of hydrogen-bond acceptors (Lipinski definition) is 5. The van der Waals surface area contributed by atoms with E-state index in [-0.39, 0.29) is 11.9 Å². The number of nitrogens with one attached hydrogen (secondary N) is 2. The predicted octanol–water partition coefficient (Wildman–Crippen LogP) is -0.781. The maximum Gasteiger partial charge on any atom is 0.222 e. The smallest absolute Gasteiger partial charge is 0.222 e. The van der Waals surface area contributed by atoms with Crippen LogP contribution >= 0.6 is 0 Å². The lowest BCUT2D eigenvalue weighted by atomic mass is 10.2. The fourth-order valence-electron chi connectivity index (χ4n) is 2.57. The van der Waals surface area contributed by atoms with E-state index in [0.29, 0.717) is 19.6 Å². The molecule has 0 saturated carbocycles. The quantitative estimate of drug-likeness (QED) is 0.746. The zero-order valence-electron chi connectivity index (χ0n) is 10.9. The molecule has 1 amide bonds. The first-order valence-corrected chi connectivity index (χ1v) is 6.82. The average molecular weight is 265 g/mol. The van der Waals surface area contributed by atoms with Crippen molar-refractivity contribution in [2.45, 2.75) is 38.4 Å². The van der Waals surface area contributed by atoms with Gasteiger partial charge in [-0.2, -0.15) is 0 Å². The summed E-state index contributed by atoms with van der Waals surface area (Å²) in [7, 11) is 0. The molecular formula is C12H19N5O2. The summed E-state index contributed by atoms with van der Waals surface area (Å²) in [6.07, 6.45) is 2.56. The van der Waals surface area contributed by atoms with E-state index in [1.54, 1.807) is 0 Å². The van der Waals surface area contributed by atoms with Gasteiger partial charge in [-0.05, 0) is 6.42 Å². The minimum Gasteiger partial charge on any atom is -0.378 e. The van der Waals surface area contributed by atoms with E-state index in [0.717, 1.165) is 44.2 Å². The lowest BCUT2D eigenvalue weighted by Gasteiger charge is -2.23. The number of aromatic nitrogens is 3. The summed E-state index contributed by atoms with van der Waals surface area (Å²) < 4.78 is 7.42. The zero-order chi connectivity index (χ0) is 13.1. The van der Waals surface area contributed by atoms with Gasteiger partial charge in [-0.15, -0.1) is 10.2 Å². The summed E-state index contributed by atoms with van der Waals surface area (Å²) in [5.41, 5.74) is 0. The molecule has 104 valence electrons. The van der Waals surface area contributed by atoms with E-state index in [1.165, 1.54) is 0 Å². The Morgan fingerprint density at radius 1 is 1.53 bits per heavy atom. The third kappa shape index (κ3) is 2.93. The molecule has 3 rings (SSSR count). The topological polar surface area (TPSA) is 81.1 Å². The Morgan fingerprint density at radius 3 is 3.32 bits per heavy atom. The number of carbonyl (C=O) groups is 1. The Hall–Kier alpha value is -1.47. The number of rotatable bonds is 4. The van der Waals surface area contributed by atoms with Gasteiger partial charge in [0.25, 0.3) is 0 Å². The summed E-state index contributed by atoms with van der Waals surface area (Å²) in [6.45, 7) is 3.57. The Morgan fingerprint density at radius 2 is 2.47 bits per heavy atom. The standard InChI is InChI=1S/C12H19N5O2/c18-12(6-9-8-19-5-3-13-9)14-7-11-16-15-10-2-1-4-17(10)11/h9,13H,1-8H2,(H,14,18). The lowest BCUT2D eigenvalue weighted by molar-refractivity contribution is -0.122. The summed E-state index contributed by atoms with van der Waals surface area (Å²) in [5.74, 6) is 1.92. The van der Waals surface area contributed by atoms with Gasteiger partial charge < -0.3 is 19.9 Å². The molecule has 0 aromatic carbocycles. The van der Waals surface area contributed by atoms with E-state index >= 15 is 0 Å². The molecule has 7 heteroatoms. The molecular weight excluding hydrogens is 246 g/mol. The molecule has 2 aliphatic heterocycles. The predicted molar refractivity (Wildman–Crippen MR) is 67.4 cm³/mol. The number of carbonyl (C=O) groups excluding carboxylic acids is 1. The highest BCUT2D eigenvalue weighted by molar-refractivity contribution is 5.76. The van der Waals surface area contributed by atoms with Crippen LogP contribution in [0.5, 0.6) is 0 Å². The Labute approximate surface area is 111 Å². The van der Waals surface area contributed by atoms with Crippen molar-refractivity contribution in [3.8, 4) is 0 Å². The molecule has 2 aliphatic rings. The molecule has 1 fully saturated rings. The summed E-state index contributed by atoms with van der Waals surface area (Å²) in [5, 5.41) is 14.4. The van der Waals surface area contributed by atoms with Crippen LogP contribution in [0.15, 0.2) is 0 Å². The number of aryl methyl sites for hydroxylation is 1. The monoisotopic (exact) mass is 265 g/mol. The van der Waals surface area contributed by atoms with Crippen molar-refractivity contribution in [3.63, 3.8) is 0 Å². The van der Waals surface area contributed by atoms with E-state index in [9.17, 15) is 4.79 Å². The highest BCUT2D eigenvalue weighted by Gasteiger charge is 2.19. The Bertz CT molecular complexity index is 453. The first-order valence-electron chi connectivity index (χ1n) is 6.82. The molecule has 0 bridgehead atoms. The minimum absolute atomic E-state index is 0.0262. The second kappa shape index (κ2) is 5.66. The zero-order valence-corrected chi connectivity index (χ0v) is 10.9. The van der Waals surface area contributed by atoms with Gasteiger partial charge in [0.15, 0.2) is 5.82 Å². The molecule has 1 aromatic heterocycles. The molecule has 2 N–H and O–H groups in total. The van der Waals surface area contributed by atoms with Crippen LogP contribution in [0.4, 0.5) is 0 Å². The second-order valence-corrected chi connectivity index (χ2v) is 4.99. The van der Waals surface area contributed by atoms with E-state index < -0.39 is 0 Å². The maximum atomic E-state index is 11.8. The number of morpholine rings is 1. The number of fused-ring (bicyclic) bond motifs is 1. The molecule has 0 aliphatic carbocycles. The highest BCUT2D eigenvalue weighted by Crippen LogP contribution is 2.13. The Balaban J connectivity index is 1.47. The van der Waals surface area contributed by atoms with Crippen LogP contribution < -0.4 is 10.6 Å². The van der Waals surface area contributed by atoms with Crippen LogP contribution in [-0.4, -0.2) is 46.5 Å². The molecule has 0 radical (unpaired) electrons. The first-order chi connectivity index (χ1) is 9.33. The molecule has 1 unspecified atom stereocenters. The van der Waals surface area contributed by atoms with Gasteiger partial charge >= 0.3 is 0 Å². The fourth-order valence-corrected chi connectivity index (χ4v) is 2.57. The number of hydrogen-bond donors (Lipinski definition) is 2. The SMILES string of the molecule is O=C(CC1COCCN1)NCc1nnc2n1CCC2. The van der Waals surface area contributed by atoms with Gasteiger partial charge in [0, 0.05) is 32.0 Å². The molecule has 7 nitrogen and oxygen atoms in total. The van der Waals surface area contributed by atoms with E-state index in [1.807, 2.05) is 0 Å². The summed E-state index contributed by atoms with van der Waals surface area (Å²) in [6, 6.07) is 0.123. The molecule has 1 atom stereocenters. The molecule has 3 heterocycles. The van der Waals surface area contributed by atoms with Crippen molar-refractivity contribution >= 4 is 5.91 Å². The molecule has 19 heavy (non-hydrogen) atoms. The van der Waals surface area contributed by atoms with Crippen molar-refractivity contribution in [1.29, 1.82) is 0 Å². The van der Waals surface area contributed by atoms with Gasteiger partial charge in [-0.25, -0.2) is 0 Å². The number of amides is 1. The maximum absolute atomic E-state index is 11.8. The van der Waals surface area contributed by atoms with Gasteiger partial charge in [-0.1, -0.05) is 0 Å².